The second-order valence-corrected chi connectivity index (χ2v) is 3.71. The zero-order valence-corrected chi connectivity index (χ0v) is 8.59. The van der Waals surface area contributed by atoms with Gasteiger partial charge in [-0.05, 0) is 25.1 Å². The molecule has 1 aromatic heterocycles. The van der Waals surface area contributed by atoms with Gasteiger partial charge in [-0.3, -0.25) is 0 Å². The third-order valence-electron chi connectivity index (χ3n) is 1.93. The molecule has 0 aliphatic heterocycles. The molecule has 74 valence electrons. The average Bonchev–Trinajstić information content (AvgIpc) is 2.63. The maximum atomic E-state index is 5.58. The summed E-state index contributed by atoms with van der Waals surface area (Å²) in [5, 5.41) is 1.99. The fourth-order valence-corrected chi connectivity index (χ4v) is 1.97. The Hall–Kier alpha value is -1.13. The van der Waals surface area contributed by atoms with Crippen molar-refractivity contribution < 1.29 is 4.74 Å². The number of rotatable bonds is 4. The topological polar surface area (TPSA) is 48.1 Å². The van der Waals surface area contributed by atoms with Crippen molar-refractivity contribution in [1.29, 1.82) is 0 Å². The first-order valence-electron chi connectivity index (χ1n) is 4.59. The smallest absolute Gasteiger partial charge is 0.201 e. The number of fused-ring (bicyclic) bond motifs is 1. The molecule has 0 saturated heterocycles. The van der Waals surface area contributed by atoms with E-state index < -0.39 is 0 Å². The summed E-state index contributed by atoms with van der Waals surface area (Å²) < 4.78 is 9.86. The maximum Gasteiger partial charge on any atom is 0.201 e. The van der Waals surface area contributed by atoms with E-state index in [0.29, 0.717) is 13.2 Å². The molecule has 0 aliphatic rings. The normalized spacial score (nSPS) is 10.6. The summed E-state index contributed by atoms with van der Waals surface area (Å²) in [5.74, 6) is 0. The fourth-order valence-electron chi connectivity index (χ4n) is 1.22. The Labute approximate surface area is 86.7 Å². The molecule has 0 atom stereocenters. The highest BCUT2D eigenvalue weighted by Gasteiger charge is 2.04. The lowest BCUT2D eigenvalue weighted by Gasteiger charge is -2.01. The monoisotopic (exact) mass is 208 g/mol. The van der Waals surface area contributed by atoms with E-state index in [0.717, 1.165) is 22.4 Å². The van der Waals surface area contributed by atoms with Gasteiger partial charge in [0.1, 0.15) is 0 Å². The number of aromatic nitrogens is 1. The molecule has 3 nitrogen and oxygen atoms in total. The van der Waals surface area contributed by atoms with E-state index in [-0.39, 0.29) is 0 Å². The SMILES string of the molecule is NCCCOc1snc2ccccc12. The zero-order chi connectivity index (χ0) is 9.80. The van der Waals surface area contributed by atoms with Crippen LogP contribution in [0.15, 0.2) is 24.3 Å². The van der Waals surface area contributed by atoms with Crippen LogP contribution in [0, 0.1) is 0 Å². The third-order valence-corrected chi connectivity index (χ3v) is 2.72. The summed E-state index contributed by atoms with van der Waals surface area (Å²) in [5.41, 5.74) is 6.39. The van der Waals surface area contributed by atoms with Crippen LogP contribution in [0.1, 0.15) is 6.42 Å². The molecule has 2 N–H and O–H groups in total. The van der Waals surface area contributed by atoms with Gasteiger partial charge in [0.05, 0.1) is 17.5 Å². The molecule has 2 aromatic rings. The summed E-state index contributed by atoms with van der Waals surface area (Å²) in [6.45, 7) is 1.33. The van der Waals surface area contributed by atoms with Crippen LogP contribution in [0.25, 0.3) is 10.9 Å². The van der Waals surface area contributed by atoms with Gasteiger partial charge in [-0.1, -0.05) is 12.1 Å². The second kappa shape index (κ2) is 4.39. The van der Waals surface area contributed by atoms with Crippen LogP contribution in [0.2, 0.25) is 0 Å². The molecule has 2 rings (SSSR count). The molecule has 4 heteroatoms. The van der Waals surface area contributed by atoms with Crippen molar-refractivity contribution >= 4 is 22.4 Å². The van der Waals surface area contributed by atoms with E-state index in [1.165, 1.54) is 11.5 Å². The Morgan fingerprint density at radius 3 is 3.07 bits per heavy atom. The molecule has 14 heavy (non-hydrogen) atoms. The van der Waals surface area contributed by atoms with Gasteiger partial charge in [0, 0.05) is 11.5 Å². The van der Waals surface area contributed by atoms with E-state index >= 15 is 0 Å². The minimum absolute atomic E-state index is 0.663. The van der Waals surface area contributed by atoms with Crippen LogP contribution in [-0.2, 0) is 0 Å². The van der Waals surface area contributed by atoms with Gasteiger partial charge >= 0.3 is 0 Å². The summed E-state index contributed by atoms with van der Waals surface area (Å²) in [7, 11) is 0. The third kappa shape index (κ3) is 1.86. The molecule has 0 unspecified atom stereocenters. The first-order valence-corrected chi connectivity index (χ1v) is 5.36. The Kier molecular flexibility index (Phi) is 2.96. The summed E-state index contributed by atoms with van der Waals surface area (Å²) >= 11 is 1.40. The van der Waals surface area contributed by atoms with Gasteiger partial charge in [0.2, 0.25) is 5.06 Å². The second-order valence-electron chi connectivity index (χ2n) is 2.98. The first-order chi connectivity index (χ1) is 6.92. The largest absolute Gasteiger partial charge is 0.482 e. The molecular weight excluding hydrogens is 196 g/mol. The zero-order valence-electron chi connectivity index (χ0n) is 7.77. The van der Waals surface area contributed by atoms with Crippen molar-refractivity contribution in [2.75, 3.05) is 13.2 Å². The molecule has 0 amide bonds. The van der Waals surface area contributed by atoms with E-state index in [1.54, 1.807) is 0 Å². The molecule has 0 bridgehead atoms. The van der Waals surface area contributed by atoms with Gasteiger partial charge in [0.25, 0.3) is 0 Å². The lowest BCUT2D eigenvalue weighted by Crippen LogP contribution is -2.05. The summed E-state index contributed by atoms with van der Waals surface area (Å²) in [6, 6.07) is 7.98. The van der Waals surface area contributed by atoms with Crippen LogP contribution < -0.4 is 10.5 Å². The van der Waals surface area contributed by atoms with Gasteiger partial charge in [-0.15, -0.1) is 0 Å². The molecule has 0 radical (unpaired) electrons. The van der Waals surface area contributed by atoms with Gasteiger partial charge in [0.15, 0.2) is 0 Å². The quantitative estimate of drug-likeness (QED) is 0.782. The molecule has 0 aliphatic carbocycles. The van der Waals surface area contributed by atoms with E-state index in [4.69, 9.17) is 10.5 Å². The van der Waals surface area contributed by atoms with Crippen LogP contribution >= 0.6 is 11.5 Å². The molecule has 1 heterocycles. The predicted octanol–water partition coefficient (Wildman–Crippen LogP) is 2.02. The summed E-state index contributed by atoms with van der Waals surface area (Å²) in [6.07, 6.45) is 0.881. The minimum Gasteiger partial charge on any atom is -0.482 e. The molecular formula is C10H12N2OS. The van der Waals surface area contributed by atoms with Gasteiger partial charge < -0.3 is 10.5 Å². The Morgan fingerprint density at radius 1 is 1.36 bits per heavy atom. The van der Waals surface area contributed by atoms with Crippen LogP contribution in [-0.4, -0.2) is 17.5 Å². The molecule has 0 fully saturated rings. The molecule has 1 aromatic carbocycles. The number of nitrogens with two attached hydrogens (primary N) is 1. The molecule has 0 spiro atoms. The van der Waals surface area contributed by atoms with Crippen molar-refractivity contribution in [2.24, 2.45) is 5.73 Å². The van der Waals surface area contributed by atoms with Gasteiger partial charge in [-0.2, -0.15) is 4.37 Å². The summed E-state index contributed by atoms with van der Waals surface area (Å²) in [4.78, 5) is 0. The van der Waals surface area contributed by atoms with Crippen LogP contribution in [0.3, 0.4) is 0 Å². The Balaban J connectivity index is 2.17. The van der Waals surface area contributed by atoms with E-state index in [9.17, 15) is 0 Å². The number of nitrogens with zero attached hydrogens (tertiary/aromatic N) is 1. The van der Waals surface area contributed by atoms with Crippen molar-refractivity contribution in [2.45, 2.75) is 6.42 Å². The van der Waals surface area contributed by atoms with Crippen LogP contribution in [0.4, 0.5) is 0 Å². The van der Waals surface area contributed by atoms with Crippen molar-refractivity contribution in [1.82, 2.24) is 4.37 Å². The van der Waals surface area contributed by atoms with E-state index in [2.05, 4.69) is 4.37 Å². The minimum atomic E-state index is 0.663. The van der Waals surface area contributed by atoms with E-state index in [1.807, 2.05) is 24.3 Å². The Morgan fingerprint density at radius 2 is 2.21 bits per heavy atom. The number of benzene rings is 1. The van der Waals surface area contributed by atoms with Crippen molar-refractivity contribution in [3.63, 3.8) is 0 Å². The Bertz CT molecular complexity index is 413. The van der Waals surface area contributed by atoms with Gasteiger partial charge in [-0.25, -0.2) is 0 Å². The van der Waals surface area contributed by atoms with Crippen molar-refractivity contribution in [3.05, 3.63) is 24.3 Å². The average molecular weight is 208 g/mol. The van der Waals surface area contributed by atoms with Crippen molar-refractivity contribution in [3.8, 4) is 5.06 Å². The van der Waals surface area contributed by atoms with Crippen LogP contribution in [0.5, 0.6) is 5.06 Å². The fraction of sp³-hybridized carbons (Fsp3) is 0.300. The highest BCUT2D eigenvalue weighted by atomic mass is 32.1. The lowest BCUT2D eigenvalue weighted by atomic mass is 10.2. The highest BCUT2D eigenvalue weighted by molar-refractivity contribution is 7.09. The molecule has 0 saturated carbocycles. The predicted molar refractivity (Wildman–Crippen MR) is 58.8 cm³/mol. The first kappa shape index (κ1) is 9.43. The number of hydrogen-bond acceptors (Lipinski definition) is 4. The number of ether oxygens (including phenoxy) is 1. The number of hydrogen-bond donors (Lipinski definition) is 1. The standard InChI is InChI=1S/C10H12N2OS/c11-6-3-7-13-10-8-4-1-2-5-9(8)12-14-10/h1-2,4-5H,3,6-7,11H2. The maximum absolute atomic E-state index is 5.58. The lowest BCUT2D eigenvalue weighted by molar-refractivity contribution is 0.325. The highest BCUT2D eigenvalue weighted by Crippen LogP contribution is 2.29.